The standard InChI is InChI=1S/C27H33N3O4.C25H29N3O4.C17H21IN2O4.C16H24BNO2.C12H24B2O4.C10H12BrN.C10H12/c1-7-28-27(31)25-24(18-10-11-21-17(13-18)9-8-12-30(21)4)26(34-29-25)20-14-19(16(2)3)22(32-5)15-23(20)33-6;1-5-26-25(31)23-22(16-8-9-19-15(11-16)7-6-10-28(19)4)24(32-27-23)18-12-17(14(2)3)20(29)13-21(18)30;1-6-19-17(21)15-14(18)16(24-20-15)11-7-10(9(2)3)12(22-4)8-13(11)23-5;1-15(2)16(3,4)20-17(19-15)13-8-9-14-12(11-13)7-6-10-18(14)5;1-9(2)10(3,4)16-13(15-9)14-17-11(5,6)12(7,8)18-14;1-12-6-2-3-8-7-9(11)4-5-10(8)12;1-2-6-10-8-4-3-7-9(10)5-1/h10-11,13-16H,7-9,12H2,1-6H3,(H,28,31);8-9,11-14,29-30H,5-7,10H2,1-4H3,(H,26,31);7-9H,6H2,1-5H3,(H,19,21);8-9,11H,6-7,10H2,1-5H3;1-8H3;4-5,7H,2-3,6H2,1H3;1-2,5-6H,3-4,7-8H2. The molecule has 0 atom stereocenters. The summed E-state index contributed by atoms with van der Waals surface area (Å²) >= 11 is 5.56. The number of hydrogen-bond donors (Lipinski definition) is 5. The summed E-state index contributed by atoms with van der Waals surface area (Å²) in [5.74, 6) is 3.55. The summed E-state index contributed by atoms with van der Waals surface area (Å²) in [5.41, 5.74) is 21.0. The van der Waals surface area contributed by atoms with Crippen LogP contribution < -0.4 is 60.0 Å². The van der Waals surface area contributed by atoms with Crippen molar-refractivity contribution in [1.82, 2.24) is 31.4 Å². The number of aromatic nitrogens is 3. The number of phenolic OH excluding ortho intramolecular Hbond substituents is 2. The molecule has 8 aliphatic rings. The first-order valence-corrected chi connectivity index (χ1v) is 54.7. The molecule has 0 spiro atoms. The molecule has 8 aromatic carbocycles. The first-order chi connectivity index (χ1) is 71.1. The Bertz CT molecular complexity index is 6470. The van der Waals surface area contributed by atoms with E-state index in [0.717, 1.165) is 102 Å². The first kappa shape index (κ1) is 116. The Morgan fingerprint density at radius 2 is 0.713 bits per heavy atom. The third-order valence-electron chi connectivity index (χ3n) is 30.4. The van der Waals surface area contributed by atoms with E-state index in [4.69, 9.17) is 60.4 Å². The molecule has 10 heterocycles. The molecule has 804 valence electrons. The number of aromatic hydroxyl groups is 2. The molecule has 3 fully saturated rings. The van der Waals surface area contributed by atoms with Crippen LogP contribution in [0.3, 0.4) is 0 Å². The van der Waals surface area contributed by atoms with Crippen LogP contribution >= 0.6 is 38.5 Å². The number of methoxy groups -OCH3 is 4. The molecule has 7 aliphatic heterocycles. The molecule has 11 aromatic rings. The number of rotatable bonds is 20. The third kappa shape index (κ3) is 26.0. The highest BCUT2D eigenvalue weighted by Crippen LogP contribution is 2.51. The van der Waals surface area contributed by atoms with Crippen molar-refractivity contribution in [2.24, 2.45) is 0 Å². The predicted octanol–water partition coefficient (Wildman–Crippen LogP) is 23.8. The lowest BCUT2D eigenvalue weighted by Gasteiger charge is -2.32. The third-order valence-corrected chi connectivity index (χ3v) is 31.9. The van der Waals surface area contributed by atoms with Gasteiger partial charge in [-0.3, -0.25) is 14.4 Å². The van der Waals surface area contributed by atoms with Gasteiger partial charge < -0.3 is 106 Å². The molecule has 150 heavy (non-hydrogen) atoms. The van der Waals surface area contributed by atoms with Crippen LogP contribution in [0.25, 0.3) is 56.2 Å². The molecule has 33 heteroatoms. The lowest BCUT2D eigenvalue weighted by molar-refractivity contribution is 0.00578. The Morgan fingerprint density at radius 3 is 1.10 bits per heavy atom. The number of phenols is 2. The Hall–Kier alpha value is -11.0. The Morgan fingerprint density at radius 1 is 0.387 bits per heavy atom. The molecule has 1 aliphatic carbocycles. The molecule has 0 saturated carbocycles. The van der Waals surface area contributed by atoms with Crippen LogP contribution in [-0.2, 0) is 66.5 Å². The maximum Gasteiger partial charge on any atom is 0.494 e. The fourth-order valence-corrected chi connectivity index (χ4v) is 20.8. The van der Waals surface area contributed by atoms with Gasteiger partial charge in [0.2, 0.25) is 0 Å². The summed E-state index contributed by atoms with van der Waals surface area (Å²) in [6, 6.07) is 45.0. The molecule has 19 rings (SSSR count). The molecule has 0 unspecified atom stereocenters. The maximum atomic E-state index is 13.0. The molecule has 3 amide bonds. The lowest BCUT2D eigenvalue weighted by Crippen LogP contribution is -2.41. The number of anilines is 4. The largest absolute Gasteiger partial charge is 0.508 e. The predicted molar refractivity (Wildman–Crippen MR) is 613 cm³/mol. The van der Waals surface area contributed by atoms with Crippen LogP contribution in [0.1, 0.15) is 283 Å². The highest BCUT2D eigenvalue weighted by atomic mass is 127. The number of benzene rings is 8. The highest BCUT2D eigenvalue weighted by molar-refractivity contribution is 14.1. The number of amides is 3. The summed E-state index contributed by atoms with van der Waals surface area (Å²) in [6.07, 6.45) is 14.3. The topological polar surface area (TPSA) is 311 Å². The van der Waals surface area contributed by atoms with Crippen molar-refractivity contribution in [3.63, 3.8) is 0 Å². The van der Waals surface area contributed by atoms with E-state index in [1.165, 1.54) is 107 Å². The van der Waals surface area contributed by atoms with Gasteiger partial charge in [-0.05, 0) is 355 Å². The van der Waals surface area contributed by atoms with E-state index < -0.39 is 14.0 Å². The maximum absolute atomic E-state index is 13.0. The highest BCUT2D eigenvalue weighted by Gasteiger charge is 2.64. The molecular weight excluding hydrogens is 2070 g/mol. The Kier molecular flexibility index (Phi) is 38.2. The minimum Gasteiger partial charge on any atom is -0.508 e. The number of ether oxygens (including phenoxy) is 4. The van der Waals surface area contributed by atoms with E-state index in [1.807, 2.05) is 126 Å². The number of hydrogen-bond acceptors (Lipinski definition) is 25. The van der Waals surface area contributed by atoms with Crippen LogP contribution in [0.5, 0.6) is 34.5 Å². The van der Waals surface area contributed by atoms with E-state index in [0.29, 0.717) is 74.2 Å². The van der Waals surface area contributed by atoms with Gasteiger partial charge in [-0.2, -0.15) is 0 Å². The van der Waals surface area contributed by atoms with Gasteiger partial charge in [0, 0.05) is 119 Å². The van der Waals surface area contributed by atoms with Gasteiger partial charge in [0.25, 0.3) is 17.7 Å². The number of carbonyl (C=O) groups is 3. The van der Waals surface area contributed by atoms with Gasteiger partial charge in [-0.25, -0.2) is 0 Å². The van der Waals surface area contributed by atoms with Crippen molar-refractivity contribution >= 4 is 106 Å². The van der Waals surface area contributed by atoms with Gasteiger partial charge in [0.05, 0.1) is 93.4 Å². The Labute approximate surface area is 910 Å². The zero-order chi connectivity index (χ0) is 109. The first-order valence-electron chi connectivity index (χ1n) is 52.8. The van der Waals surface area contributed by atoms with Crippen molar-refractivity contribution in [1.29, 1.82) is 0 Å². The van der Waals surface area contributed by atoms with Crippen LogP contribution in [0.2, 0.25) is 0 Å². The molecule has 3 aromatic heterocycles. The van der Waals surface area contributed by atoms with Gasteiger partial charge >= 0.3 is 21.1 Å². The normalized spacial score (nSPS) is 16.9. The van der Waals surface area contributed by atoms with E-state index in [9.17, 15) is 24.6 Å². The Balaban J connectivity index is 0.000000150. The zero-order valence-corrected chi connectivity index (χ0v) is 97.2. The number of halogens is 2. The van der Waals surface area contributed by atoms with Crippen molar-refractivity contribution in [2.45, 2.75) is 274 Å². The molecule has 28 nitrogen and oxygen atoms in total. The molecule has 0 bridgehead atoms. The van der Waals surface area contributed by atoms with Crippen LogP contribution in [-0.4, -0.2) is 201 Å². The van der Waals surface area contributed by atoms with E-state index in [1.54, 1.807) is 45.6 Å². The summed E-state index contributed by atoms with van der Waals surface area (Å²) in [5, 5.41) is 41.5. The number of nitrogens with zero attached hydrogens (tertiary/aromatic N) is 7. The van der Waals surface area contributed by atoms with Gasteiger partial charge in [-0.1, -0.05) is 121 Å². The van der Waals surface area contributed by atoms with Crippen molar-refractivity contribution < 1.29 is 85.0 Å². The van der Waals surface area contributed by atoms with Crippen molar-refractivity contribution in [3.8, 4) is 90.7 Å². The fraction of sp³-hybridized carbons (Fsp3) is 0.487. The van der Waals surface area contributed by atoms with Gasteiger partial charge in [0.1, 0.15) is 34.5 Å². The summed E-state index contributed by atoms with van der Waals surface area (Å²) in [7, 11) is 13.8. The second-order valence-corrected chi connectivity index (χ2v) is 45.5. The molecule has 5 N–H and O–H groups in total. The quantitative estimate of drug-likeness (QED) is 0.0350. The van der Waals surface area contributed by atoms with Crippen LogP contribution in [0, 0.1) is 3.57 Å². The lowest BCUT2D eigenvalue weighted by atomic mass is 9.49. The average Bonchev–Trinajstić information content (AvgIpc) is 1.59. The van der Waals surface area contributed by atoms with E-state index >= 15 is 0 Å². The number of fused-ring (bicyclic) bond motifs is 5. The number of aryl methyl sites for hydroxylation is 6. The number of nitrogens with one attached hydrogen (secondary N) is 3. The van der Waals surface area contributed by atoms with Crippen LogP contribution in [0.15, 0.2) is 152 Å². The minimum atomic E-state index is -0.476. The average molecular weight is 2230 g/mol. The SMILES string of the molecule is CC1(C)OB(B2OC(C)(C)C(C)(C)O2)OC1(C)C.CCNC(=O)c1noc(-c2cc(C(C)C)c(O)cc2O)c1-c1ccc2c(c1)CCCN2C.CCNC(=O)c1noc(-c2cc(C(C)C)c(OC)cc2OC)c1-c1ccc2c(c1)CCCN2C.CCNC(=O)c1noc(-c2cc(C(C)C)c(OC)cc2OC)c1I.CN1CCCc2cc(B3OC(C)(C)C(C)(C)O3)ccc21.CN1CCCc2cc(Br)ccc21.c1ccc2c(c1)CCCC2. The second kappa shape index (κ2) is 49.4. The minimum absolute atomic E-state index is 0.0167. The summed E-state index contributed by atoms with van der Waals surface area (Å²) < 4.78 is 77.2. The zero-order valence-electron chi connectivity index (χ0n) is 93.4. The van der Waals surface area contributed by atoms with Crippen molar-refractivity contribution in [2.75, 3.05) is 122 Å². The van der Waals surface area contributed by atoms with Gasteiger partial charge in [0.15, 0.2) is 34.4 Å². The second-order valence-electron chi connectivity index (χ2n) is 43.5. The molecule has 0 radical (unpaired) electrons. The monoisotopic (exact) mass is 2230 g/mol. The molecule has 3 saturated heterocycles. The van der Waals surface area contributed by atoms with Crippen LogP contribution in [0.4, 0.5) is 22.7 Å². The van der Waals surface area contributed by atoms with Crippen molar-refractivity contribution in [3.05, 3.63) is 209 Å². The van der Waals surface area contributed by atoms with E-state index in [-0.39, 0.29) is 105 Å². The van der Waals surface area contributed by atoms with E-state index in [2.05, 4.69) is 258 Å². The summed E-state index contributed by atoms with van der Waals surface area (Å²) in [4.78, 5) is 46.9. The number of carbonyl (C=O) groups excluding carboxylic acids is 3. The molecular formula is C117H155B3BrIN10O18. The fourth-order valence-electron chi connectivity index (χ4n) is 19.7. The van der Waals surface area contributed by atoms with Gasteiger partial charge in [-0.15, -0.1) is 0 Å². The summed E-state index contributed by atoms with van der Waals surface area (Å²) in [6.45, 7) is 48.3. The smallest absolute Gasteiger partial charge is 0.494 e.